The second-order valence-corrected chi connectivity index (χ2v) is 6.94. The Morgan fingerprint density at radius 2 is 1.78 bits per heavy atom. The van der Waals surface area contributed by atoms with Gasteiger partial charge in [0.05, 0.1) is 6.61 Å². The van der Waals surface area contributed by atoms with Gasteiger partial charge in [-0.25, -0.2) is 0 Å². The molecular weight excluding hydrogens is 312 g/mol. The zero-order valence-corrected chi connectivity index (χ0v) is 15.5. The van der Waals surface area contributed by atoms with Gasteiger partial charge >= 0.3 is 5.97 Å². The van der Waals surface area contributed by atoms with Crippen molar-refractivity contribution < 1.29 is 14.6 Å². The van der Waals surface area contributed by atoms with Gasteiger partial charge in [0.25, 0.3) is 0 Å². The molecule has 0 aromatic rings. The molecular formula is C17H34N2O3S. The molecule has 0 aromatic heterocycles. The third kappa shape index (κ3) is 10.2. The number of aliphatic hydroxyl groups excluding tert-OH is 1. The Hall–Kier alpha value is -0.300. The monoisotopic (exact) mass is 346 g/mol. The molecule has 0 aliphatic carbocycles. The molecule has 0 amide bonds. The van der Waals surface area contributed by atoms with Gasteiger partial charge in [0.2, 0.25) is 0 Å². The first kappa shape index (κ1) is 20.7. The molecule has 0 aromatic carbocycles. The molecule has 0 bridgehead atoms. The number of rotatable bonds is 12. The number of esters is 1. The summed E-state index contributed by atoms with van der Waals surface area (Å²) in [5, 5.41) is 8.92. The molecule has 0 spiro atoms. The number of β-amino-alcohol motifs (C(OH)–C–C–N with tert-alkyl or cyclic N) is 1. The van der Waals surface area contributed by atoms with Crippen LogP contribution >= 0.6 is 12.6 Å². The van der Waals surface area contributed by atoms with Gasteiger partial charge in [-0.3, -0.25) is 14.6 Å². The first-order valence-corrected chi connectivity index (χ1v) is 9.61. The fraction of sp³-hybridized carbons (Fsp3) is 0.941. The van der Waals surface area contributed by atoms with Crippen molar-refractivity contribution in [3.8, 4) is 0 Å². The molecule has 1 atom stereocenters. The number of hydrogen-bond donors (Lipinski definition) is 2. The van der Waals surface area contributed by atoms with Crippen molar-refractivity contribution in [2.45, 2.75) is 39.0 Å². The van der Waals surface area contributed by atoms with E-state index < -0.39 is 0 Å². The highest BCUT2D eigenvalue weighted by molar-refractivity contribution is 7.80. The SMILES string of the molecule is C[C@@H](CCS)CCCCC(=O)OCCN1CCN(CCO)CC1. The minimum absolute atomic E-state index is 0.0641. The first-order valence-electron chi connectivity index (χ1n) is 8.97. The van der Waals surface area contributed by atoms with Crippen LogP contribution in [-0.2, 0) is 9.53 Å². The lowest BCUT2D eigenvalue weighted by Crippen LogP contribution is -2.48. The predicted molar refractivity (Wildman–Crippen MR) is 97.0 cm³/mol. The maximum Gasteiger partial charge on any atom is 0.305 e. The molecule has 0 unspecified atom stereocenters. The summed E-state index contributed by atoms with van der Waals surface area (Å²) in [6, 6.07) is 0. The molecule has 1 N–H and O–H groups in total. The summed E-state index contributed by atoms with van der Waals surface area (Å²) in [6.07, 6.45) is 4.88. The molecule has 1 aliphatic heterocycles. The molecule has 136 valence electrons. The lowest BCUT2D eigenvalue weighted by atomic mass is 10.0. The van der Waals surface area contributed by atoms with E-state index in [1.807, 2.05) is 0 Å². The molecule has 6 heteroatoms. The number of carbonyl (C=O) groups is 1. The van der Waals surface area contributed by atoms with Crippen LogP contribution in [-0.4, -0.2) is 79.1 Å². The van der Waals surface area contributed by atoms with Gasteiger partial charge in [0.1, 0.15) is 6.61 Å². The highest BCUT2D eigenvalue weighted by Gasteiger charge is 2.16. The molecule has 1 fully saturated rings. The van der Waals surface area contributed by atoms with Gasteiger partial charge in [-0.2, -0.15) is 12.6 Å². The number of thiol groups is 1. The Morgan fingerprint density at radius 1 is 1.13 bits per heavy atom. The minimum Gasteiger partial charge on any atom is -0.464 e. The van der Waals surface area contributed by atoms with Crippen LogP contribution in [0.15, 0.2) is 0 Å². The van der Waals surface area contributed by atoms with Crippen LogP contribution < -0.4 is 0 Å². The van der Waals surface area contributed by atoms with E-state index in [0.29, 0.717) is 18.9 Å². The largest absolute Gasteiger partial charge is 0.464 e. The molecule has 1 aliphatic rings. The molecule has 5 nitrogen and oxygen atoms in total. The number of unbranched alkanes of at least 4 members (excludes halogenated alkanes) is 1. The summed E-state index contributed by atoms with van der Waals surface area (Å²) >= 11 is 4.24. The normalized spacial score (nSPS) is 18.0. The maximum atomic E-state index is 11.7. The van der Waals surface area contributed by atoms with E-state index in [1.165, 1.54) is 6.42 Å². The van der Waals surface area contributed by atoms with E-state index in [0.717, 1.165) is 64.3 Å². The Morgan fingerprint density at radius 3 is 2.39 bits per heavy atom. The quantitative estimate of drug-likeness (QED) is 0.320. The van der Waals surface area contributed by atoms with Crippen LogP contribution in [0.4, 0.5) is 0 Å². The minimum atomic E-state index is -0.0641. The van der Waals surface area contributed by atoms with Crippen molar-refractivity contribution in [1.29, 1.82) is 0 Å². The van der Waals surface area contributed by atoms with Crippen LogP contribution in [0, 0.1) is 5.92 Å². The summed E-state index contributed by atoms with van der Waals surface area (Å²) in [4.78, 5) is 16.3. The van der Waals surface area contributed by atoms with Crippen LogP contribution in [0.2, 0.25) is 0 Å². The third-order valence-electron chi connectivity index (χ3n) is 4.50. The summed E-state index contributed by atoms with van der Waals surface area (Å²) in [5.74, 6) is 1.58. The molecule has 1 saturated heterocycles. The average molecular weight is 347 g/mol. The van der Waals surface area contributed by atoms with Crippen LogP contribution in [0.1, 0.15) is 39.0 Å². The Kier molecular flexibility index (Phi) is 11.8. The highest BCUT2D eigenvalue weighted by atomic mass is 32.1. The molecule has 1 heterocycles. The van der Waals surface area contributed by atoms with Crippen LogP contribution in [0.3, 0.4) is 0 Å². The molecule has 0 radical (unpaired) electrons. The third-order valence-corrected chi connectivity index (χ3v) is 4.76. The number of nitrogens with zero attached hydrogens (tertiary/aromatic N) is 2. The van der Waals surface area contributed by atoms with Crippen LogP contribution in [0.5, 0.6) is 0 Å². The number of carbonyl (C=O) groups excluding carboxylic acids is 1. The Labute approximate surface area is 146 Å². The van der Waals surface area contributed by atoms with Gasteiger partial charge in [0.15, 0.2) is 0 Å². The van der Waals surface area contributed by atoms with Gasteiger partial charge in [0, 0.05) is 45.7 Å². The fourth-order valence-electron chi connectivity index (χ4n) is 2.87. The van der Waals surface area contributed by atoms with Crippen molar-refractivity contribution in [2.75, 3.05) is 58.2 Å². The zero-order valence-electron chi connectivity index (χ0n) is 14.6. The number of ether oxygens (including phenoxy) is 1. The number of piperazine rings is 1. The lowest BCUT2D eigenvalue weighted by Gasteiger charge is -2.34. The fourth-order valence-corrected chi connectivity index (χ4v) is 3.31. The smallest absolute Gasteiger partial charge is 0.305 e. The van der Waals surface area contributed by atoms with E-state index in [-0.39, 0.29) is 12.6 Å². The van der Waals surface area contributed by atoms with Crippen molar-refractivity contribution in [2.24, 2.45) is 5.92 Å². The number of hydrogen-bond acceptors (Lipinski definition) is 6. The van der Waals surface area contributed by atoms with Crippen molar-refractivity contribution in [3.63, 3.8) is 0 Å². The second kappa shape index (κ2) is 13.0. The Bertz CT molecular complexity index is 310. The van der Waals surface area contributed by atoms with Crippen LogP contribution in [0.25, 0.3) is 0 Å². The standard InChI is InChI=1S/C17H34N2O3S/c1-16(6-15-23)4-2-3-5-17(21)22-14-12-19-9-7-18(8-10-19)11-13-20/h16,20,23H,2-15H2,1H3/t16-/m1/s1. The summed E-state index contributed by atoms with van der Waals surface area (Å²) in [5.41, 5.74) is 0. The van der Waals surface area contributed by atoms with Crippen molar-refractivity contribution in [3.05, 3.63) is 0 Å². The van der Waals surface area contributed by atoms with Crippen molar-refractivity contribution in [1.82, 2.24) is 9.80 Å². The first-order chi connectivity index (χ1) is 11.2. The second-order valence-electron chi connectivity index (χ2n) is 6.49. The van der Waals surface area contributed by atoms with E-state index in [4.69, 9.17) is 9.84 Å². The number of aliphatic hydroxyl groups is 1. The van der Waals surface area contributed by atoms with Gasteiger partial charge < -0.3 is 9.84 Å². The van der Waals surface area contributed by atoms with E-state index in [9.17, 15) is 4.79 Å². The van der Waals surface area contributed by atoms with Gasteiger partial charge in [-0.05, 0) is 24.5 Å². The lowest BCUT2D eigenvalue weighted by molar-refractivity contribution is -0.144. The highest BCUT2D eigenvalue weighted by Crippen LogP contribution is 2.13. The topological polar surface area (TPSA) is 53.0 Å². The zero-order chi connectivity index (χ0) is 16.9. The van der Waals surface area contributed by atoms with E-state index in [2.05, 4.69) is 29.4 Å². The van der Waals surface area contributed by atoms with Gasteiger partial charge in [-0.1, -0.05) is 19.8 Å². The molecule has 23 heavy (non-hydrogen) atoms. The van der Waals surface area contributed by atoms with Crippen molar-refractivity contribution >= 4 is 18.6 Å². The predicted octanol–water partition coefficient (Wildman–Crippen LogP) is 1.66. The molecule has 1 rings (SSSR count). The summed E-state index contributed by atoms with van der Waals surface area (Å²) in [6.45, 7) is 8.49. The summed E-state index contributed by atoms with van der Waals surface area (Å²) < 4.78 is 5.33. The van der Waals surface area contributed by atoms with Gasteiger partial charge in [-0.15, -0.1) is 0 Å². The summed E-state index contributed by atoms with van der Waals surface area (Å²) in [7, 11) is 0. The Balaban J connectivity index is 1.96. The average Bonchev–Trinajstić information content (AvgIpc) is 2.54. The van der Waals surface area contributed by atoms with E-state index >= 15 is 0 Å². The maximum absolute atomic E-state index is 11.7. The molecule has 0 saturated carbocycles. The van der Waals surface area contributed by atoms with E-state index in [1.54, 1.807) is 0 Å².